The Morgan fingerprint density at radius 2 is 0.212 bits per heavy atom. The molecule has 0 amide bonds. The molecule has 283 valence electrons. The minimum absolute atomic E-state index is 0. The molecular formula is C8H14Ce3La3O35Sr3. The van der Waals surface area contributed by atoms with E-state index >= 15 is 0 Å². The number of carboxylic acid groups (broad SMARTS) is 16. The molecule has 0 atom stereocenters. The monoisotopic (exact) mass is 1770 g/mol. The molecular weight excluding hydrogens is 1760 g/mol. The second-order valence-electron chi connectivity index (χ2n) is 2.00. The summed E-state index contributed by atoms with van der Waals surface area (Å²) in [6.45, 7) is 0. The van der Waals surface area contributed by atoms with Crippen molar-refractivity contribution in [1.29, 1.82) is 0 Å². The normalized spacial score (nSPS) is 3.69. The standard InChI is InChI=1S/8CH2O3.3Ce.3La.11H2O.3Sr/c8*2-1(3)4;;;;;;;;;;;;;;;;;;;;/h8*(H2,2,3,4);;;;;;;11*1H2;;;/q;;;;;;;;6*+3;;;;;;;;;;;;3*+2/p-24. The van der Waals surface area contributed by atoms with Crippen LogP contribution in [0.25, 0.3) is 0 Å². The molecule has 0 bridgehead atoms. The molecule has 35 nitrogen and oxygen atoms in total. The van der Waals surface area contributed by atoms with Crippen molar-refractivity contribution in [3.05, 3.63) is 0 Å². The molecule has 0 spiro atoms. The van der Waals surface area contributed by atoms with E-state index in [1.165, 1.54) is 0 Å². The SMILES string of the molecule is O.O.O.O=C([O-])[O-].O=C([O-])[O-].O=C([O-])[O-].O=C([O-])[O-].O=C([O-])[O-].O=C([O-])[O-].O=C([O-])[O-].O=C([O-])[O-].[Ce+3].[Ce+3].[Ce+3].[La+3].[La+3].[La+3].[OH-].[OH-].[OH-].[OH-].[OH-].[OH-].[OH-].[OH-].[Sr+2].[Sr+2].[Sr+2]. The van der Waals surface area contributed by atoms with Crippen LogP contribution < -0.4 is 81.7 Å². The molecule has 0 unspecified atom stereocenters. The Balaban J connectivity index is -0.00000000462. The summed E-state index contributed by atoms with van der Waals surface area (Å²) in [5.74, 6) is 0. The van der Waals surface area contributed by atoms with Crippen LogP contribution in [0.4, 0.5) is 38.4 Å². The fraction of sp³-hybridized carbons (Fsp3) is 0. The number of hydrogen-bond acceptors (Lipinski definition) is 32. The molecule has 0 heterocycles. The maximum absolute atomic E-state index is 8.33. The Kier molecular flexibility index (Phi) is 802. The van der Waals surface area contributed by atoms with Gasteiger partial charge in [0.1, 0.15) is 0 Å². The van der Waals surface area contributed by atoms with E-state index < -0.39 is 49.2 Å². The Bertz CT molecular complexity index is 407. The Hall–Kier alpha value is 5.88. The maximum atomic E-state index is 8.33. The van der Waals surface area contributed by atoms with Gasteiger partial charge in [-0.2, -0.15) is 0 Å². The molecule has 3 radical (unpaired) electrons. The van der Waals surface area contributed by atoms with Crippen LogP contribution in [0.3, 0.4) is 0 Å². The van der Waals surface area contributed by atoms with Crippen LogP contribution in [0, 0.1) is 232 Å². The van der Waals surface area contributed by atoms with Crippen molar-refractivity contribution in [2.45, 2.75) is 0 Å². The van der Waals surface area contributed by atoms with Gasteiger partial charge in [-0.15, -0.1) is 0 Å². The quantitative estimate of drug-likeness (QED) is 0.203. The summed E-state index contributed by atoms with van der Waals surface area (Å²) in [7, 11) is 0. The summed E-state index contributed by atoms with van der Waals surface area (Å²) in [6.07, 6.45) is -18.7. The van der Waals surface area contributed by atoms with E-state index in [0.717, 1.165) is 0 Å². The molecule has 0 aromatic carbocycles. The maximum Gasteiger partial charge on any atom is 3.00 e. The summed E-state index contributed by atoms with van der Waals surface area (Å²) in [4.78, 5) is 66.7. The first-order valence-corrected chi connectivity index (χ1v) is 4.90. The van der Waals surface area contributed by atoms with Crippen LogP contribution in [0.1, 0.15) is 0 Å². The van der Waals surface area contributed by atoms with Gasteiger partial charge in [-0.05, 0) is 49.2 Å². The minimum atomic E-state index is -2.33. The van der Waals surface area contributed by atoms with Crippen molar-refractivity contribution in [1.82, 2.24) is 0 Å². The molecule has 0 aliphatic heterocycles. The molecule has 44 heteroatoms. The van der Waals surface area contributed by atoms with E-state index in [4.69, 9.17) is 120 Å². The minimum Gasteiger partial charge on any atom is -0.870 e. The van der Waals surface area contributed by atoms with Gasteiger partial charge in [0.05, 0.1) is 0 Å². The zero-order valence-corrected chi connectivity index (χ0v) is 55.0. The molecule has 0 aromatic rings. The van der Waals surface area contributed by atoms with Crippen LogP contribution >= 0.6 is 0 Å². The van der Waals surface area contributed by atoms with E-state index in [0.29, 0.717) is 0 Å². The average Bonchev–Trinajstić information content (AvgIpc) is 2.30. The zero-order valence-electron chi connectivity index (χ0n) is 24.2. The van der Waals surface area contributed by atoms with Crippen LogP contribution in [-0.4, -0.2) is 246 Å². The second-order valence-corrected chi connectivity index (χ2v) is 2.00. The van der Waals surface area contributed by atoms with Crippen LogP contribution in [0.5, 0.6) is 0 Å². The van der Waals surface area contributed by atoms with Gasteiger partial charge in [0, 0.05) is 0 Å². The van der Waals surface area contributed by atoms with E-state index in [9.17, 15) is 0 Å². The van der Waals surface area contributed by atoms with E-state index in [2.05, 4.69) is 0 Å². The molecule has 0 aliphatic carbocycles. The van der Waals surface area contributed by atoms with Crippen LogP contribution in [0.2, 0.25) is 0 Å². The molecule has 0 aromatic heterocycles. The molecule has 0 aliphatic rings. The predicted molar refractivity (Wildman–Crippen MR) is 86.8 cm³/mol. The summed E-state index contributed by atoms with van der Waals surface area (Å²) >= 11 is 0. The predicted octanol–water partition coefficient (Wildman–Crippen LogP) is -24.6. The fourth-order valence-corrected chi connectivity index (χ4v) is 0. The molecule has 0 saturated carbocycles. The number of carbonyl (C=O) groups is 8. The largest absolute Gasteiger partial charge is 3.00 e. The van der Waals surface area contributed by atoms with Crippen molar-refractivity contribution < 1.29 is 412 Å². The molecule has 14 N–H and O–H groups in total. The first-order chi connectivity index (χ1) is 13.9. The van der Waals surface area contributed by atoms with Crippen molar-refractivity contribution in [2.24, 2.45) is 0 Å². The number of rotatable bonds is 0. The molecule has 0 rings (SSSR count). The van der Waals surface area contributed by atoms with Gasteiger partial charge in [0.25, 0.3) is 0 Å². The first-order valence-electron chi connectivity index (χ1n) is 4.90. The zero-order chi connectivity index (χ0) is 28.6. The molecule has 52 heavy (non-hydrogen) atoms. The topological polar surface area (TPSA) is 840 Å². The summed E-state index contributed by atoms with van der Waals surface area (Å²) in [6, 6.07) is 0. The van der Waals surface area contributed by atoms with Crippen molar-refractivity contribution in [3.63, 3.8) is 0 Å². The van der Waals surface area contributed by atoms with Crippen LogP contribution in [0.15, 0.2) is 0 Å². The number of carbonyl (C=O) groups excluding carboxylic acids is 8. The third-order valence-corrected chi connectivity index (χ3v) is 0. The van der Waals surface area contributed by atoms with Gasteiger partial charge in [-0.3, -0.25) is 0 Å². The molecule has 0 saturated heterocycles. The second kappa shape index (κ2) is 199. The summed E-state index contributed by atoms with van der Waals surface area (Å²) < 4.78 is 0. The van der Waals surface area contributed by atoms with Gasteiger partial charge in [0.2, 0.25) is 0 Å². The van der Waals surface area contributed by atoms with E-state index in [1.54, 1.807) is 0 Å². The first kappa shape index (κ1) is 210. The van der Waals surface area contributed by atoms with E-state index in [1.807, 2.05) is 0 Å². The molecule has 0 fully saturated rings. The summed E-state index contributed by atoms with van der Waals surface area (Å²) in [5.41, 5.74) is 0. The van der Waals surface area contributed by atoms with Gasteiger partial charge < -0.3 is 180 Å². The average molecular weight is 1770 g/mol. The van der Waals surface area contributed by atoms with Gasteiger partial charge >= 0.3 is 368 Å². The van der Waals surface area contributed by atoms with Gasteiger partial charge in [-0.1, -0.05) is 0 Å². The van der Waals surface area contributed by atoms with E-state index in [-0.39, 0.29) is 429 Å². The van der Waals surface area contributed by atoms with Crippen LogP contribution in [-0.2, 0) is 0 Å². The smallest absolute Gasteiger partial charge is 0.870 e. The number of hydrogen-bond donors (Lipinski definition) is 0. The Morgan fingerprint density at radius 3 is 0.212 bits per heavy atom. The fourth-order valence-electron chi connectivity index (χ4n) is 0. The third kappa shape index (κ3) is 4870. The van der Waals surface area contributed by atoms with Gasteiger partial charge in [0.15, 0.2) is 0 Å². The Labute approximate surface area is 583 Å². The van der Waals surface area contributed by atoms with Gasteiger partial charge in [-0.25, -0.2) is 0 Å². The third-order valence-electron chi connectivity index (χ3n) is 0. The summed E-state index contributed by atoms with van der Waals surface area (Å²) in [5, 5.41) is 133. The van der Waals surface area contributed by atoms with Crippen molar-refractivity contribution in [2.75, 3.05) is 0 Å². The van der Waals surface area contributed by atoms with Crippen molar-refractivity contribution >= 4 is 186 Å². The Morgan fingerprint density at radius 1 is 0.212 bits per heavy atom. The van der Waals surface area contributed by atoms with Crippen molar-refractivity contribution in [3.8, 4) is 0 Å².